The Labute approximate surface area is 116 Å². The van der Waals surface area contributed by atoms with Gasteiger partial charge in [0.05, 0.1) is 12.6 Å². The summed E-state index contributed by atoms with van der Waals surface area (Å²) in [5, 5.41) is 12.1. The molecule has 0 unspecified atom stereocenters. The van der Waals surface area contributed by atoms with E-state index in [2.05, 4.69) is 10.3 Å². The zero-order valence-electron chi connectivity index (χ0n) is 11.3. The molecule has 1 saturated heterocycles. The third kappa shape index (κ3) is 2.34. The van der Waals surface area contributed by atoms with Crippen molar-refractivity contribution in [1.82, 2.24) is 9.88 Å². The zero-order chi connectivity index (χ0) is 14.1. The molecule has 2 aromatic rings. The van der Waals surface area contributed by atoms with Gasteiger partial charge < -0.3 is 19.7 Å². The molecule has 1 aromatic heterocycles. The van der Waals surface area contributed by atoms with Crippen molar-refractivity contribution in [3.63, 3.8) is 0 Å². The highest BCUT2D eigenvalue weighted by Crippen LogP contribution is 2.22. The number of amides is 2. The van der Waals surface area contributed by atoms with Gasteiger partial charge >= 0.3 is 6.03 Å². The number of urea groups is 1. The molecule has 1 aliphatic rings. The number of fused-ring (bicyclic) bond motifs is 1. The molecule has 6 heteroatoms. The van der Waals surface area contributed by atoms with Gasteiger partial charge in [-0.1, -0.05) is 0 Å². The number of carbonyl (C=O) groups is 1. The summed E-state index contributed by atoms with van der Waals surface area (Å²) in [6.45, 7) is 2.48. The molecule has 3 rings (SSSR count). The number of aliphatic hydroxyl groups is 1. The number of likely N-dealkylation sites (tertiary alicyclic amines) is 1. The Bertz CT molecular complexity index is 638. The summed E-state index contributed by atoms with van der Waals surface area (Å²) < 4.78 is 5.39. The maximum Gasteiger partial charge on any atom is 0.322 e. The van der Waals surface area contributed by atoms with Crippen LogP contribution >= 0.6 is 0 Å². The molecule has 2 amide bonds. The number of oxazole rings is 1. The quantitative estimate of drug-likeness (QED) is 0.880. The molecule has 1 aliphatic heterocycles. The zero-order valence-corrected chi connectivity index (χ0v) is 11.3. The fraction of sp³-hybridized carbons (Fsp3) is 0.429. The second-order valence-corrected chi connectivity index (χ2v) is 5.02. The Morgan fingerprint density at radius 1 is 1.60 bits per heavy atom. The van der Waals surface area contributed by atoms with Crippen LogP contribution in [0.2, 0.25) is 0 Å². The average Bonchev–Trinajstić information content (AvgIpc) is 3.02. The van der Waals surface area contributed by atoms with Crippen molar-refractivity contribution >= 4 is 22.8 Å². The molecule has 0 aliphatic carbocycles. The summed E-state index contributed by atoms with van der Waals surface area (Å²) in [4.78, 5) is 18.1. The van der Waals surface area contributed by atoms with Gasteiger partial charge in [-0.2, -0.15) is 0 Å². The van der Waals surface area contributed by atoms with Crippen LogP contribution in [0, 0.1) is 6.92 Å². The van der Waals surface area contributed by atoms with Crippen molar-refractivity contribution < 1.29 is 14.3 Å². The van der Waals surface area contributed by atoms with Gasteiger partial charge in [0.1, 0.15) is 5.52 Å². The lowest BCUT2D eigenvalue weighted by molar-refractivity contribution is 0.166. The maximum atomic E-state index is 12.2. The monoisotopic (exact) mass is 275 g/mol. The van der Waals surface area contributed by atoms with Crippen molar-refractivity contribution in [1.29, 1.82) is 0 Å². The minimum absolute atomic E-state index is 0.00886. The molecule has 0 spiro atoms. The van der Waals surface area contributed by atoms with Gasteiger partial charge in [0, 0.05) is 19.2 Å². The van der Waals surface area contributed by atoms with Crippen molar-refractivity contribution in [2.24, 2.45) is 0 Å². The smallest absolute Gasteiger partial charge is 0.322 e. The number of rotatable bonds is 2. The van der Waals surface area contributed by atoms with Crippen molar-refractivity contribution in [3.05, 3.63) is 24.1 Å². The molecule has 2 heterocycles. The van der Waals surface area contributed by atoms with E-state index in [-0.39, 0.29) is 18.7 Å². The summed E-state index contributed by atoms with van der Waals surface area (Å²) in [5.74, 6) is 0.600. The van der Waals surface area contributed by atoms with E-state index in [1.807, 2.05) is 0 Å². The van der Waals surface area contributed by atoms with E-state index in [9.17, 15) is 9.90 Å². The topological polar surface area (TPSA) is 78.6 Å². The fourth-order valence-corrected chi connectivity index (χ4v) is 2.61. The molecular formula is C14H17N3O3. The number of aryl methyl sites for hydroxylation is 1. The van der Waals surface area contributed by atoms with Crippen molar-refractivity contribution in [2.75, 3.05) is 18.5 Å². The first-order chi connectivity index (χ1) is 9.67. The van der Waals surface area contributed by atoms with E-state index in [0.29, 0.717) is 23.7 Å². The number of nitrogens with zero attached hydrogens (tertiary/aromatic N) is 2. The SMILES string of the molecule is Cc1nc2cc(NC(=O)N3CCC[C@@H]3CO)ccc2o1. The van der Waals surface area contributed by atoms with E-state index in [0.717, 1.165) is 18.4 Å². The van der Waals surface area contributed by atoms with Crippen LogP contribution in [0.3, 0.4) is 0 Å². The molecular weight excluding hydrogens is 258 g/mol. The largest absolute Gasteiger partial charge is 0.441 e. The van der Waals surface area contributed by atoms with Gasteiger partial charge in [0.2, 0.25) is 0 Å². The third-order valence-electron chi connectivity index (χ3n) is 3.59. The van der Waals surface area contributed by atoms with Crippen LogP contribution in [-0.2, 0) is 0 Å². The molecule has 2 N–H and O–H groups in total. The first kappa shape index (κ1) is 12.9. The Balaban J connectivity index is 1.76. The highest BCUT2D eigenvalue weighted by molar-refractivity contribution is 5.92. The lowest BCUT2D eigenvalue weighted by Crippen LogP contribution is -2.40. The number of anilines is 1. The van der Waals surface area contributed by atoms with Crippen LogP contribution in [0.15, 0.2) is 22.6 Å². The van der Waals surface area contributed by atoms with Gasteiger partial charge in [0.25, 0.3) is 0 Å². The van der Waals surface area contributed by atoms with Gasteiger partial charge in [-0.05, 0) is 31.0 Å². The van der Waals surface area contributed by atoms with E-state index in [1.54, 1.807) is 30.0 Å². The van der Waals surface area contributed by atoms with Gasteiger partial charge in [-0.15, -0.1) is 0 Å². The summed E-state index contributed by atoms with van der Waals surface area (Å²) in [6.07, 6.45) is 1.78. The van der Waals surface area contributed by atoms with Crippen molar-refractivity contribution in [3.8, 4) is 0 Å². The molecule has 1 atom stereocenters. The Kier molecular flexibility index (Phi) is 3.31. The number of hydrogen-bond acceptors (Lipinski definition) is 4. The standard InChI is InChI=1S/C14H17N3O3/c1-9-15-12-7-10(4-5-13(12)20-9)16-14(19)17-6-2-3-11(17)8-18/h4-5,7,11,18H,2-3,6,8H2,1H3,(H,16,19)/t11-/m1/s1. The highest BCUT2D eigenvalue weighted by Gasteiger charge is 2.28. The van der Waals surface area contributed by atoms with E-state index >= 15 is 0 Å². The third-order valence-corrected chi connectivity index (χ3v) is 3.59. The first-order valence-electron chi connectivity index (χ1n) is 6.73. The molecule has 0 saturated carbocycles. The molecule has 0 bridgehead atoms. The van der Waals surface area contributed by atoms with Gasteiger partial charge in [-0.25, -0.2) is 9.78 Å². The molecule has 0 radical (unpaired) electrons. The lowest BCUT2D eigenvalue weighted by atomic mass is 10.2. The first-order valence-corrected chi connectivity index (χ1v) is 6.73. The van der Waals surface area contributed by atoms with E-state index in [4.69, 9.17) is 4.42 Å². The van der Waals surface area contributed by atoms with Gasteiger partial charge in [-0.3, -0.25) is 0 Å². The summed E-state index contributed by atoms with van der Waals surface area (Å²) >= 11 is 0. The van der Waals surface area contributed by atoms with Crippen LogP contribution in [0.25, 0.3) is 11.1 Å². The van der Waals surface area contributed by atoms with Crippen LogP contribution in [-0.4, -0.2) is 40.2 Å². The maximum absolute atomic E-state index is 12.2. The summed E-state index contributed by atoms with van der Waals surface area (Å²) in [6, 6.07) is 5.11. The summed E-state index contributed by atoms with van der Waals surface area (Å²) in [5.41, 5.74) is 2.11. The Hall–Kier alpha value is -2.08. The number of aromatic nitrogens is 1. The highest BCUT2D eigenvalue weighted by atomic mass is 16.3. The molecule has 106 valence electrons. The number of aliphatic hydroxyl groups excluding tert-OH is 1. The lowest BCUT2D eigenvalue weighted by Gasteiger charge is -2.23. The van der Waals surface area contributed by atoms with Crippen LogP contribution in [0.1, 0.15) is 18.7 Å². The van der Waals surface area contributed by atoms with E-state index < -0.39 is 0 Å². The number of benzene rings is 1. The predicted octanol–water partition coefficient (Wildman–Crippen LogP) is 2.12. The van der Waals surface area contributed by atoms with Crippen LogP contribution < -0.4 is 5.32 Å². The summed E-state index contributed by atoms with van der Waals surface area (Å²) in [7, 11) is 0. The van der Waals surface area contributed by atoms with Crippen LogP contribution in [0.5, 0.6) is 0 Å². The minimum Gasteiger partial charge on any atom is -0.441 e. The van der Waals surface area contributed by atoms with Gasteiger partial charge in [0.15, 0.2) is 11.5 Å². The molecule has 20 heavy (non-hydrogen) atoms. The minimum atomic E-state index is -0.180. The fourth-order valence-electron chi connectivity index (χ4n) is 2.61. The molecule has 1 aromatic carbocycles. The normalized spacial score (nSPS) is 18.7. The predicted molar refractivity (Wildman–Crippen MR) is 74.6 cm³/mol. The number of carbonyl (C=O) groups excluding carboxylic acids is 1. The van der Waals surface area contributed by atoms with E-state index in [1.165, 1.54) is 0 Å². The second-order valence-electron chi connectivity index (χ2n) is 5.02. The number of nitrogens with one attached hydrogen (secondary N) is 1. The molecule has 6 nitrogen and oxygen atoms in total. The average molecular weight is 275 g/mol. The Morgan fingerprint density at radius 3 is 3.25 bits per heavy atom. The van der Waals surface area contributed by atoms with Crippen LogP contribution in [0.4, 0.5) is 10.5 Å². The second kappa shape index (κ2) is 5.13. The Morgan fingerprint density at radius 2 is 2.45 bits per heavy atom. The number of hydrogen-bond donors (Lipinski definition) is 2. The molecule has 1 fully saturated rings. The van der Waals surface area contributed by atoms with Crippen molar-refractivity contribution in [2.45, 2.75) is 25.8 Å².